The van der Waals surface area contributed by atoms with Crippen LogP contribution in [0.3, 0.4) is 0 Å². The Morgan fingerprint density at radius 1 is 1.36 bits per heavy atom. The van der Waals surface area contributed by atoms with Crippen LogP contribution in [-0.2, 0) is 4.79 Å². The van der Waals surface area contributed by atoms with Crippen molar-refractivity contribution in [1.29, 1.82) is 0 Å². The highest BCUT2D eigenvalue weighted by Crippen LogP contribution is 2.22. The minimum atomic E-state index is -0.354. The predicted octanol–water partition coefficient (Wildman–Crippen LogP) is 2.29. The van der Waals surface area contributed by atoms with E-state index in [0.717, 1.165) is 11.3 Å². The van der Waals surface area contributed by atoms with Gasteiger partial charge in [-0.15, -0.1) is 10.2 Å². The van der Waals surface area contributed by atoms with Crippen molar-refractivity contribution in [3.05, 3.63) is 45.9 Å². The van der Waals surface area contributed by atoms with Crippen LogP contribution in [0.1, 0.15) is 24.6 Å². The minimum absolute atomic E-state index is 0.124. The summed E-state index contributed by atoms with van der Waals surface area (Å²) in [5, 5.41) is 10.6. The lowest BCUT2D eigenvalue weighted by Crippen LogP contribution is -2.25. The second-order valence-electron chi connectivity index (χ2n) is 4.92. The van der Waals surface area contributed by atoms with Crippen molar-refractivity contribution < 1.29 is 4.79 Å². The molecule has 0 saturated heterocycles. The van der Waals surface area contributed by atoms with Crippen molar-refractivity contribution in [2.45, 2.75) is 37.6 Å². The average molecular weight is 318 g/mol. The first-order valence-corrected chi connectivity index (χ1v) is 7.85. The third kappa shape index (κ3) is 4.17. The van der Waals surface area contributed by atoms with Gasteiger partial charge in [0.25, 0.3) is 5.56 Å². The fourth-order valence-electron chi connectivity index (χ4n) is 1.83. The molecule has 1 unspecified atom stereocenters. The number of aromatic nitrogens is 3. The molecule has 1 aromatic carbocycles. The molecule has 6 nitrogen and oxygen atoms in total. The number of anilines is 1. The Hall–Kier alpha value is -2.15. The van der Waals surface area contributed by atoms with Crippen LogP contribution in [0.15, 0.2) is 34.2 Å². The Bertz CT molecular complexity index is 729. The maximum atomic E-state index is 12.3. The number of H-pyrrole nitrogens is 1. The molecule has 1 amide bonds. The molecular formula is C15H18N4O2S. The van der Waals surface area contributed by atoms with Crippen LogP contribution in [0.2, 0.25) is 0 Å². The lowest BCUT2D eigenvalue weighted by atomic mass is 10.2. The molecule has 0 radical (unpaired) electrons. The second kappa shape index (κ2) is 7.22. The number of aryl methyl sites for hydroxylation is 2. The lowest BCUT2D eigenvalue weighted by Gasteiger charge is -2.14. The van der Waals surface area contributed by atoms with Gasteiger partial charge < -0.3 is 5.32 Å². The third-order valence-corrected chi connectivity index (χ3v) is 4.28. The molecule has 1 atom stereocenters. The maximum absolute atomic E-state index is 12.3. The Balaban J connectivity index is 2.08. The lowest BCUT2D eigenvalue weighted by molar-refractivity contribution is -0.115. The van der Waals surface area contributed by atoms with E-state index in [1.807, 2.05) is 38.1 Å². The van der Waals surface area contributed by atoms with Crippen molar-refractivity contribution in [2.24, 2.45) is 0 Å². The van der Waals surface area contributed by atoms with E-state index in [1.54, 1.807) is 6.92 Å². The van der Waals surface area contributed by atoms with Crippen molar-refractivity contribution in [2.75, 3.05) is 5.32 Å². The van der Waals surface area contributed by atoms with E-state index in [2.05, 4.69) is 20.5 Å². The summed E-state index contributed by atoms with van der Waals surface area (Å²) in [5.41, 5.74) is 1.85. The minimum Gasteiger partial charge on any atom is -0.325 e. The van der Waals surface area contributed by atoms with Crippen molar-refractivity contribution in [3.8, 4) is 0 Å². The number of aromatic amines is 1. The third-order valence-electron chi connectivity index (χ3n) is 3.04. The van der Waals surface area contributed by atoms with Gasteiger partial charge in [-0.25, -0.2) is 0 Å². The molecule has 0 aliphatic carbocycles. The summed E-state index contributed by atoms with van der Waals surface area (Å²) in [6.45, 7) is 5.46. The molecule has 7 heteroatoms. The van der Waals surface area contributed by atoms with Gasteiger partial charge in [0.15, 0.2) is 5.16 Å². The van der Waals surface area contributed by atoms with Crippen molar-refractivity contribution >= 4 is 23.4 Å². The normalized spacial score (nSPS) is 12.0. The Morgan fingerprint density at radius 2 is 2.14 bits per heavy atom. The average Bonchev–Trinajstić information content (AvgIpc) is 2.48. The van der Waals surface area contributed by atoms with E-state index in [-0.39, 0.29) is 16.7 Å². The van der Waals surface area contributed by atoms with Crippen LogP contribution in [0.5, 0.6) is 0 Å². The van der Waals surface area contributed by atoms with Gasteiger partial charge in [0.2, 0.25) is 5.91 Å². The van der Waals surface area contributed by atoms with E-state index < -0.39 is 0 Å². The van der Waals surface area contributed by atoms with E-state index in [9.17, 15) is 9.59 Å². The van der Waals surface area contributed by atoms with Crippen LogP contribution in [0.4, 0.5) is 5.69 Å². The zero-order valence-corrected chi connectivity index (χ0v) is 13.5. The number of carbonyl (C=O) groups is 1. The molecule has 2 rings (SSSR count). The molecule has 2 aromatic rings. The fourth-order valence-corrected chi connectivity index (χ4v) is 2.68. The molecule has 1 aromatic heterocycles. The van der Waals surface area contributed by atoms with E-state index in [1.165, 1.54) is 11.8 Å². The molecule has 0 saturated carbocycles. The Morgan fingerprint density at radius 3 is 2.77 bits per heavy atom. The summed E-state index contributed by atoms with van der Waals surface area (Å²) >= 11 is 1.20. The van der Waals surface area contributed by atoms with Gasteiger partial charge in [0.1, 0.15) is 5.69 Å². The first kappa shape index (κ1) is 16.2. The smallest absolute Gasteiger partial charge is 0.273 e. The van der Waals surface area contributed by atoms with Gasteiger partial charge in [-0.2, -0.15) is 0 Å². The zero-order chi connectivity index (χ0) is 16.1. The Kier molecular flexibility index (Phi) is 5.32. The van der Waals surface area contributed by atoms with Crippen molar-refractivity contribution in [1.82, 2.24) is 15.2 Å². The van der Waals surface area contributed by atoms with Crippen LogP contribution >= 0.6 is 11.8 Å². The molecule has 116 valence electrons. The highest BCUT2D eigenvalue weighted by atomic mass is 32.2. The SMILES string of the molecule is CCC(Sc1nnc(C)c(=O)[nH]1)C(=O)Nc1cccc(C)c1. The molecule has 0 aliphatic rings. The number of hydrogen-bond donors (Lipinski definition) is 2. The van der Waals surface area contributed by atoms with Gasteiger partial charge >= 0.3 is 0 Å². The summed E-state index contributed by atoms with van der Waals surface area (Å²) in [6.07, 6.45) is 0.611. The van der Waals surface area contributed by atoms with Gasteiger partial charge in [0.05, 0.1) is 5.25 Å². The van der Waals surface area contributed by atoms with Crippen LogP contribution in [0.25, 0.3) is 0 Å². The molecule has 0 spiro atoms. The highest BCUT2D eigenvalue weighted by molar-refractivity contribution is 8.00. The van der Waals surface area contributed by atoms with E-state index in [0.29, 0.717) is 17.3 Å². The van der Waals surface area contributed by atoms with Crippen molar-refractivity contribution in [3.63, 3.8) is 0 Å². The number of carbonyl (C=O) groups excluding carboxylic acids is 1. The van der Waals surface area contributed by atoms with Gasteiger partial charge in [-0.05, 0) is 38.0 Å². The van der Waals surface area contributed by atoms with Gasteiger partial charge in [-0.3, -0.25) is 14.6 Å². The summed E-state index contributed by atoms with van der Waals surface area (Å²) in [6, 6.07) is 7.61. The zero-order valence-electron chi connectivity index (χ0n) is 12.7. The highest BCUT2D eigenvalue weighted by Gasteiger charge is 2.19. The van der Waals surface area contributed by atoms with Gasteiger partial charge in [0, 0.05) is 5.69 Å². The van der Waals surface area contributed by atoms with Crippen LogP contribution < -0.4 is 10.9 Å². The standard InChI is InChI=1S/C15H18N4O2S/c1-4-12(22-15-17-13(20)10(3)18-19-15)14(21)16-11-7-5-6-9(2)8-11/h5-8,12H,4H2,1-3H3,(H,16,21)(H,17,19,20). The van der Waals surface area contributed by atoms with E-state index >= 15 is 0 Å². The Labute approximate surface area is 132 Å². The molecular weight excluding hydrogens is 300 g/mol. The second-order valence-corrected chi connectivity index (χ2v) is 6.11. The molecule has 22 heavy (non-hydrogen) atoms. The maximum Gasteiger partial charge on any atom is 0.273 e. The van der Waals surface area contributed by atoms with E-state index in [4.69, 9.17) is 0 Å². The molecule has 2 N–H and O–H groups in total. The van der Waals surface area contributed by atoms with Gasteiger partial charge in [-0.1, -0.05) is 30.8 Å². The number of benzene rings is 1. The summed E-state index contributed by atoms with van der Waals surface area (Å²) in [4.78, 5) is 26.5. The molecule has 0 bridgehead atoms. The summed E-state index contributed by atoms with van der Waals surface area (Å²) < 4.78 is 0. The molecule has 0 fully saturated rings. The number of amides is 1. The summed E-state index contributed by atoms with van der Waals surface area (Å²) in [5.74, 6) is -0.124. The topological polar surface area (TPSA) is 87.7 Å². The fraction of sp³-hybridized carbons (Fsp3) is 0.333. The largest absolute Gasteiger partial charge is 0.325 e. The first-order valence-electron chi connectivity index (χ1n) is 6.97. The van der Waals surface area contributed by atoms with Crippen LogP contribution in [-0.4, -0.2) is 26.3 Å². The number of thioether (sulfide) groups is 1. The number of nitrogens with zero attached hydrogens (tertiary/aromatic N) is 2. The quantitative estimate of drug-likeness (QED) is 0.826. The molecule has 0 aliphatic heterocycles. The molecule has 1 heterocycles. The first-order chi connectivity index (χ1) is 10.5. The predicted molar refractivity (Wildman–Crippen MR) is 87.1 cm³/mol. The van der Waals surface area contributed by atoms with Crippen LogP contribution in [0, 0.1) is 13.8 Å². The number of hydrogen-bond acceptors (Lipinski definition) is 5. The monoisotopic (exact) mass is 318 g/mol. The number of rotatable bonds is 5. The summed E-state index contributed by atoms with van der Waals surface area (Å²) in [7, 11) is 0. The number of nitrogens with one attached hydrogen (secondary N) is 2.